The second kappa shape index (κ2) is 8.34. The van der Waals surface area contributed by atoms with Gasteiger partial charge in [0, 0.05) is 30.3 Å². The Balaban J connectivity index is 1.63. The Bertz CT molecular complexity index is 1060. The highest BCUT2D eigenvalue weighted by Crippen LogP contribution is 2.28. The second-order valence-corrected chi connectivity index (χ2v) is 9.46. The van der Waals surface area contributed by atoms with Crippen LogP contribution in [0.4, 0.5) is 0 Å². The Morgan fingerprint density at radius 1 is 1.10 bits per heavy atom. The monoisotopic (exact) mass is 422 g/mol. The topological polar surface area (TPSA) is 51.0 Å². The smallest absolute Gasteiger partial charge is 0.266 e. The molecule has 1 aliphatic rings. The molecule has 0 N–H and O–H groups in total. The number of carbonyl (C=O) groups excluding carboxylic acids is 1. The molecule has 2 aromatic heterocycles. The molecule has 30 heavy (non-hydrogen) atoms. The summed E-state index contributed by atoms with van der Waals surface area (Å²) in [5, 5.41) is 5.55. The van der Waals surface area contributed by atoms with Crippen molar-refractivity contribution in [2.45, 2.75) is 66.3 Å². The number of thiazole rings is 1. The fraction of sp³-hybridized carbons (Fsp3) is 0.458. The average molecular weight is 423 g/mol. The van der Waals surface area contributed by atoms with Gasteiger partial charge in [-0.3, -0.25) is 4.79 Å². The van der Waals surface area contributed by atoms with Crippen molar-refractivity contribution in [3.63, 3.8) is 0 Å². The summed E-state index contributed by atoms with van der Waals surface area (Å²) in [4.78, 5) is 20.6. The van der Waals surface area contributed by atoms with Crippen molar-refractivity contribution in [3.05, 3.63) is 62.9 Å². The Hall–Kier alpha value is -2.47. The minimum atomic E-state index is 0.116. The Morgan fingerprint density at radius 2 is 1.83 bits per heavy atom. The summed E-state index contributed by atoms with van der Waals surface area (Å²) in [6, 6.07) is 8.94. The Kier molecular flexibility index (Phi) is 5.78. The lowest BCUT2D eigenvalue weighted by Crippen LogP contribution is -2.41. The molecule has 158 valence electrons. The molecule has 1 saturated heterocycles. The van der Waals surface area contributed by atoms with Crippen LogP contribution in [-0.4, -0.2) is 38.2 Å². The minimum Gasteiger partial charge on any atom is -0.335 e. The number of benzene rings is 1. The first-order chi connectivity index (χ1) is 14.3. The molecule has 1 aromatic carbocycles. The van der Waals surface area contributed by atoms with Crippen molar-refractivity contribution in [2.24, 2.45) is 0 Å². The average Bonchev–Trinajstić information content (AvgIpc) is 3.24. The third-order valence-corrected chi connectivity index (χ3v) is 7.29. The third-order valence-electron chi connectivity index (χ3n) is 6.17. The number of amides is 1. The number of nitrogens with zero attached hydrogens (tertiary/aromatic N) is 4. The highest BCUT2D eigenvalue weighted by atomic mass is 32.1. The summed E-state index contributed by atoms with van der Waals surface area (Å²) >= 11 is 1.46. The lowest BCUT2D eigenvalue weighted by Gasteiger charge is -2.33. The van der Waals surface area contributed by atoms with E-state index < -0.39 is 0 Å². The first-order valence-electron chi connectivity index (χ1n) is 10.7. The summed E-state index contributed by atoms with van der Waals surface area (Å²) in [5.74, 6) is 0.116. The van der Waals surface area contributed by atoms with Crippen LogP contribution in [-0.2, 0) is 6.42 Å². The van der Waals surface area contributed by atoms with Crippen molar-refractivity contribution in [1.29, 1.82) is 0 Å². The minimum absolute atomic E-state index is 0.116. The molecule has 1 fully saturated rings. The maximum Gasteiger partial charge on any atom is 0.266 e. The zero-order valence-electron chi connectivity index (χ0n) is 18.5. The molecule has 1 atom stereocenters. The predicted molar refractivity (Wildman–Crippen MR) is 122 cm³/mol. The van der Waals surface area contributed by atoms with Crippen LogP contribution >= 0.6 is 11.3 Å². The number of hydrogen-bond donors (Lipinski definition) is 0. The molecule has 0 spiro atoms. The standard InChI is InChI=1S/C24H30N4OS/c1-15-9-11-20(12-10-15)14-21-17(3)26-28(19(21)5)24-25-18(4)22(30-24)23(29)27-13-7-6-8-16(27)2/h9-12,16H,6-8,13-14H2,1-5H3. The van der Waals surface area contributed by atoms with Gasteiger partial charge in [-0.15, -0.1) is 0 Å². The molecule has 6 heteroatoms. The molecule has 3 aromatic rings. The van der Waals surface area contributed by atoms with E-state index in [0.29, 0.717) is 6.04 Å². The molecule has 0 saturated carbocycles. The first kappa shape index (κ1) is 20.8. The van der Waals surface area contributed by atoms with Gasteiger partial charge in [0.15, 0.2) is 0 Å². The Labute approximate surface area is 182 Å². The van der Waals surface area contributed by atoms with Gasteiger partial charge in [-0.05, 0) is 59.4 Å². The van der Waals surface area contributed by atoms with Gasteiger partial charge in [-0.2, -0.15) is 5.10 Å². The van der Waals surface area contributed by atoms with Crippen molar-refractivity contribution >= 4 is 17.2 Å². The molecule has 1 aliphatic heterocycles. The lowest BCUT2D eigenvalue weighted by atomic mass is 10.0. The lowest BCUT2D eigenvalue weighted by molar-refractivity contribution is 0.0639. The van der Waals surface area contributed by atoms with E-state index >= 15 is 0 Å². The van der Waals surface area contributed by atoms with E-state index in [1.54, 1.807) is 0 Å². The van der Waals surface area contributed by atoms with Gasteiger partial charge in [-0.25, -0.2) is 9.67 Å². The van der Waals surface area contributed by atoms with Crippen LogP contribution in [0.25, 0.3) is 5.13 Å². The maximum absolute atomic E-state index is 13.2. The molecule has 1 amide bonds. The summed E-state index contributed by atoms with van der Waals surface area (Å²) in [7, 11) is 0. The Morgan fingerprint density at radius 3 is 2.53 bits per heavy atom. The quantitative estimate of drug-likeness (QED) is 0.583. The van der Waals surface area contributed by atoms with E-state index in [9.17, 15) is 4.79 Å². The van der Waals surface area contributed by atoms with E-state index in [1.807, 2.05) is 16.5 Å². The first-order valence-corrected chi connectivity index (χ1v) is 11.6. The van der Waals surface area contributed by atoms with E-state index in [4.69, 9.17) is 10.1 Å². The highest BCUT2D eigenvalue weighted by molar-refractivity contribution is 7.16. The number of aromatic nitrogens is 3. The molecule has 1 unspecified atom stereocenters. The highest BCUT2D eigenvalue weighted by Gasteiger charge is 2.28. The zero-order chi connectivity index (χ0) is 21.4. The number of piperidine rings is 1. The largest absolute Gasteiger partial charge is 0.335 e. The van der Waals surface area contributed by atoms with Gasteiger partial charge in [0.2, 0.25) is 5.13 Å². The van der Waals surface area contributed by atoms with E-state index in [0.717, 1.165) is 52.9 Å². The number of carbonyl (C=O) groups is 1. The van der Waals surface area contributed by atoms with Crippen LogP contribution < -0.4 is 0 Å². The fourth-order valence-corrected chi connectivity index (χ4v) is 5.26. The van der Waals surface area contributed by atoms with Crippen LogP contribution in [0.2, 0.25) is 0 Å². The van der Waals surface area contributed by atoms with Crippen molar-refractivity contribution < 1.29 is 4.79 Å². The molecule has 4 rings (SSSR count). The van der Waals surface area contributed by atoms with Gasteiger partial charge in [0.05, 0.1) is 11.4 Å². The van der Waals surface area contributed by atoms with Gasteiger partial charge in [0.1, 0.15) is 4.88 Å². The molecule has 0 aliphatic carbocycles. The summed E-state index contributed by atoms with van der Waals surface area (Å²) < 4.78 is 1.91. The molecular weight excluding hydrogens is 392 g/mol. The summed E-state index contributed by atoms with van der Waals surface area (Å²) in [6.07, 6.45) is 4.21. The van der Waals surface area contributed by atoms with Gasteiger partial charge < -0.3 is 4.90 Å². The van der Waals surface area contributed by atoms with Gasteiger partial charge in [0.25, 0.3) is 5.91 Å². The molecule has 0 bridgehead atoms. The third kappa shape index (κ3) is 3.93. The predicted octanol–water partition coefficient (Wildman–Crippen LogP) is 5.17. The van der Waals surface area contributed by atoms with E-state index in [-0.39, 0.29) is 5.91 Å². The van der Waals surface area contributed by atoms with Crippen LogP contribution in [0.3, 0.4) is 0 Å². The van der Waals surface area contributed by atoms with Gasteiger partial charge >= 0.3 is 0 Å². The SMILES string of the molecule is Cc1ccc(Cc2c(C)nn(-c3nc(C)c(C(=O)N4CCCCC4C)s3)c2C)cc1. The van der Waals surface area contributed by atoms with E-state index in [2.05, 4.69) is 52.0 Å². The molecule has 0 radical (unpaired) electrons. The number of rotatable bonds is 4. The number of hydrogen-bond acceptors (Lipinski definition) is 4. The van der Waals surface area contributed by atoms with Crippen molar-refractivity contribution in [2.75, 3.05) is 6.54 Å². The fourth-order valence-electron chi connectivity index (χ4n) is 4.23. The second-order valence-electron chi connectivity index (χ2n) is 8.48. The van der Waals surface area contributed by atoms with Crippen molar-refractivity contribution in [1.82, 2.24) is 19.7 Å². The summed E-state index contributed by atoms with van der Waals surface area (Å²) in [6.45, 7) is 11.2. The van der Waals surface area contributed by atoms with Crippen LogP contribution in [0.5, 0.6) is 0 Å². The normalized spacial score (nSPS) is 16.8. The number of aryl methyl sites for hydroxylation is 3. The van der Waals surface area contributed by atoms with Gasteiger partial charge in [-0.1, -0.05) is 41.2 Å². The van der Waals surface area contributed by atoms with E-state index in [1.165, 1.54) is 34.4 Å². The van der Waals surface area contributed by atoms with Crippen LogP contribution in [0.1, 0.15) is 69.6 Å². The zero-order valence-corrected chi connectivity index (χ0v) is 19.3. The molecule has 3 heterocycles. The molecular formula is C24H30N4OS. The maximum atomic E-state index is 13.2. The number of likely N-dealkylation sites (tertiary alicyclic amines) is 1. The molecule has 5 nitrogen and oxygen atoms in total. The van der Waals surface area contributed by atoms with Crippen LogP contribution in [0.15, 0.2) is 24.3 Å². The summed E-state index contributed by atoms with van der Waals surface area (Å²) in [5.41, 5.74) is 6.67. The van der Waals surface area contributed by atoms with Crippen molar-refractivity contribution in [3.8, 4) is 5.13 Å². The van der Waals surface area contributed by atoms with Crippen LogP contribution in [0, 0.1) is 27.7 Å².